The second-order valence-electron chi connectivity index (χ2n) is 3.18. The fourth-order valence-corrected chi connectivity index (χ4v) is 1.16. The van der Waals surface area contributed by atoms with Crippen LogP contribution in [0.25, 0.3) is 0 Å². The van der Waals surface area contributed by atoms with Crippen LogP contribution < -0.4 is 11.1 Å². The fraction of sp³-hybridized carbons (Fsp3) is 0.750. The maximum atomic E-state index is 11.1. The molecule has 0 radical (unpaired) electrons. The van der Waals surface area contributed by atoms with E-state index in [1.807, 2.05) is 5.32 Å². The maximum absolute atomic E-state index is 11.1. The molecule has 15 heavy (non-hydrogen) atoms. The highest BCUT2D eigenvalue weighted by Crippen LogP contribution is 2.11. The van der Waals surface area contributed by atoms with E-state index in [2.05, 4.69) is 0 Å². The van der Waals surface area contributed by atoms with E-state index in [0.29, 0.717) is 0 Å². The van der Waals surface area contributed by atoms with Gasteiger partial charge >= 0.3 is 6.03 Å². The normalized spacial score (nSPS) is 11.1. The molecule has 0 spiro atoms. The van der Waals surface area contributed by atoms with Crippen LogP contribution in [0.15, 0.2) is 0 Å². The van der Waals surface area contributed by atoms with Crippen molar-refractivity contribution in [2.75, 3.05) is 27.4 Å². The summed E-state index contributed by atoms with van der Waals surface area (Å²) >= 11 is 0. The molecule has 0 rings (SSSR count). The van der Waals surface area contributed by atoms with E-state index < -0.39 is 17.5 Å². The van der Waals surface area contributed by atoms with Gasteiger partial charge in [0.25, 0.3) is 0 Å². The first kappa shape index (κ1) is 13.8. The third-order valence-electron chi connectivity index (χ3n) is 1.58. The highest BCUT2D eigenvalue weighted by Gasteiger charge is 2.30. The number of carbonyl (C=O) groups excluding carboxylic acids is 2. The van der Waals surface area contributed by atoms with E-state index in [-0.39, 0.29) is 19.6 Å². The Labute approximate surface area is 87.5 Å². The molecule has 0 aromatic carbocycles. The monoisotopic (exact) mass is 220 g/mol. The molecule has 7 nitrogen and oxygen atoms in total. The molecule has 0 aromatic rings. The Kier molecular flexibility index (Phi) is 5.83. The van der Waals surface area contributed by atoms with E-state index in [9.17, 15) is 14.7 Å². The molecule has 0 atom stereocenters. The van der Waals surface area contributed by atoms with Gasteiger partial charge in [-0.1, -0.05) is 0 Å². The SMILES string of the molecule is COCC(O)(COC)CC(=O)NC(N)=O. The van der Waals surface area contributed by atoms with Gasteiger partial charge in [-0.15, -0.1) is 0 Å². The van der Waals surface area contributed by atoms with Gasteiger partial charge in [0.15, 0.2) is 0 Å². The van der Waals surface area contributed by atoms with Crippen molar-refractivity contribution in [3.63, 3.8) is 0 Å². The van der Waals surface area contributed by atoms with Crippen LogP contribution >= 0.6 is 0 Å². The highest BCUT2D eigenvalue weighted by molar-refractivity contribution is 5.93. The van der Waals surface area contributed by atoms with Crippen LogP contribution in [-0.4, -0.2) is 50.1 Å². The van der Waals surface area contributed by atoms with Crippen molar-refractivity contribution < 1.29 is 24.2 Å². The molecule has 0 aliphatic heterocycles. The molecule has 7 heteroatoms. The number of aliphatic hydroxyl groups is 1. The Hall–Kier alpha value is -1.18. The number of hydrogen-bond acceptors (Lipinski definition) is 5. The van der Waals surface area contributed by atoms with Gasteiger partial charge in [-0.05, 0) is 0 Å². The summed E-state index contributed by atoms with van der Waals surface area (Å²) in [6.45, 7) is -0.153. The highest BCUT2D eigenvalue weighted by atomic mass is 16.5. The van der Waals surface area contributed by atoms with Crippen LogP contribution in [0, 0.1) is 0 Å². The van der Waals surface area contributed by atoms with Gasteiger partial charge < -0.3 is 20.3 Å². The number of amides is 3. The third-order valence-corrected chi connectivity index (χ3v) is 1.58. The summed E-state index contributed by atoms with van der Waals surface area (Å²) in [7, 11) is 2.76. The zero-order valence-electron chi connectivity index (χ0n) is 8.78. The Balaban J connectivity index is 4.26. The predicted octanol–water partition coefficient (Wildman–Crippen LogP) is -1.40. The number of hydrogen-bond donors (Lipinski definition) is 3. The minimum atomic E-state index is -1.46. The van der Waals surface area contributed by atoms with Gasteiger partial charge in [0.05, 0.1) is 19.6 Å². The van der Waals surface area contributed by atoms with Gasteiger partial charge in [0, 0.05) is 14.2 Å². The number of imide groups is 1. The zero-order valence-corrected chi connectivity index (χ0v) is 8.78. The summed E-state index contributed by atoms with van der Waals surface area (Å²) in [6.07, 6.45) is -0.322. The Bertz CT molecular complexity index is 225. The summed E-state index contributed by atoms with van der Waals surface area (Å²) in [5, 5.41) is 11.7. The number of ether oxygens (including phenoxy) is 2. The number of methoxy groups -OCH3 is 2. The summed E-state index contributed by atoms with van der Waals surface area (Å²) in [5.74, 6) is -0.681. The van der Waals surface area contributed by atoms with Crippen molar-refractivity contribution >= 4 is 11.9 Å². The maximum Gasteiger partial charge on any atom is 0.318 e. The summed E-state index contributed by atoms with van der Waals surface area (Å²) in [6, 6.07) is -0.961. The second-order valence-corrected chi connectivity index (χ2v) is 3.18. The standard InChI is InChI=1S/C8H16N2O5/c1-14-4-8(13,5-15-2)3-6(11)10-7(9)12/h13H,3-5H2,1-2H3,(H3,9,10,11,12). The van der Waals surface area contributed by atoms with Gasteiger partial charge in [-0.2, -0.15) is 0 Å². The molecule has 0 saturated carbocycles. The molecule has 0 aliphatic carbocycles. The molecule has 0 aromatic heterocycles. The number of nitrogens with two attached hydrogens (primary N) is 1. The molecule has 3 amide bonds. The first-order valence-electron chi connectivity index (χ1n) is 4.23. The minimum Gasteiger partial charge on any atom is -0.385 e. The van der Waals surface area contributed by atoms with Gasteiger partial charge in [-0.3, -0.25) is 10.1 Å². The van der Waals surface area contributed by atoms with Crippen molar-refractivity contribution in [2.24, 2.45) is 5.73 Å². The van der Waals surface area contributed by atoms with Crippen molar-refractivity contribution in [1.82, 2.24) is 5.32 Å². The van der Waals surface area contributed by atoms with Crippen LogP contribution in [0.4, 0.5) is 4.79 Å². The van der Waals surface area contributed by atoms with Crippen LogP contribution in [-0.2, 0) is 14.3 Å². The van der Waals surface area contributed by atoms with Crippen molar-refractivity contribution in [3.05, 3.63) is 0 Å². The third kappa shape index (κ3) is 6.00. The van der Waals surface area contributed by atoms with E-state index in [0.717, 1.165) is 0 Å². The number of urea groups is 1. The van der Waals surface area contributed by atoms with Crippen molar-refractivity contribution in [3.8, 4) is 0 Å². The van der Waals surface area contributed by atoms with Gasteiger partial charge in [0.1, 0.15) is 5.60 Å². The van der Waals surface area contributed by atoms with Gasteiger partial charge in [-0.25, -0.2) is 4.79 Å². The molecule has 4 N–H and O–H groups in total. The van der Waals surface area contributed by atoms with Crippen LogP contribution in [0.3, 0.4) is 0 Å². The van der Waals surface area contributed by atoms with Crippen LogP contribution in [0.1, 0.15) is 6.42 Å². The lowest BCUT2D eigenvalue weighted by Gasteiger charge is -2.25. The minimum absolute atomic E-state index is 0.0764. The number of carbonyl (C=O) groups is 2. The lowest BCUT2D eigenvalue weighted by atomic mass is 10.0. The van der Waals surface area contributed by atoms with Crippen LogP contribution in [0.2, 0.25) is 0 Å². The first-order chi connectivity index (χ1) is 6.93. The largest absolute Gasteiger partial charge is 0.385 e. The molecule has 0 unspecified atom stereocenters. The number of rotatable bonds is 6. The average Bonchev–Trinajstić information content (AvgIpc) is 2.01. The smallest absolute Gasteiger partial charge is 0.318 e. The Morgan fingerprint density at radius 2 is 1.80 bits per heavy atom. The summed E-state index contributed by atoms with van der Waals surface area (Å²) in [5.41, 5.74) is 3.29. The van der Waals surface area contributed by atoms with Gasteiger partial charge in [0.2, 0.25) is 5.91 Å². The van der Waals surface area contributed by atoms with E-state index in [4.69, 9.17) is 15.2 Å². The average molecular weight is 220 g/mol. The molecular weight excluding hydrogens is 204 g/mol. The number of primary amides is 1. The second kappa shape index (κ2) is 6.33. The van der Waals surface area contributed by atoms with Crippen molar-refractivity contribution in [2.45, 2.75) is 12.0 Å². The predicted molar refractivity (Wildman–Crippen MR) is 51.0 cm³/mol. The first-order valence-corrected chi connectivity index (χ1v) is 4.23. The lowest BCUT2D eigenvalue weighted by molar-refractivity contribution is -0.132. The summed E-state index contributed by atoms with van der Waals surface area (Å²) < 4.78 is 9.48. The van der Waals surface area contributed by atoms with E-state index in [1.165, 1.54) is 14.2 Å². The van der Waals surface area contributed by atoms with E-state index >= 15 is 0 Å². The summed E-state index contributed by atoms with van der Waals surface area (Å²) in [4.78, 5) is 21.5. The fourth-order valence-electron chi connectivity index (χ4n) is 1.16. The molecule has 0 aliphatic rings. The molecule has 0 saturated heterocycles. The molecule has 0 heterocycles. The topological polar surface area (TPSA) is 111 Å². The quantitative estimate of drug-likeness (QED) is 0.509. The molecule has 88 valence electrons. The van der Waals surface area contributed by atoms with Crippen molar-refractivity contribution in [1.29, 1.82) is 0 Å². The molecule has 0 bridgehead atoms. The van der Waals surface area contributed by atoms with E-state index in [1.54, 1.807) is 0 Å². The Morgan fingerprint density at radius 1 is 1.33 bits per heavy atom. The Morgan fingerprint density at radius 3 is 2.13 bits per heavy atom. The molecular formula is C8H16N2O5. The number of nitrogens with one attached hydrogen (secondary N) is 1. The molecule has 0 fully saturated rings. The zero-order chi connectivity index (χ0) is 11.9. The van der Waals surface area contributed by atoms with Crippen LogP contribution in [0.5, 0.6) is 0 Å². The lowest BCUT2D eigenvalue weighted by Crippen LogP contribution is -2.46.